The van der Waals surface area contributed by atoms with E-state index in [1.54, 1.807) is 26.3 Å². The highest BCUT2D eigenvalue weighted by Crippen LogP contribution is 2.35. The van der Waals surface area contributed by atoms with Gasteiger partial charge in [0.2, 0.25) is 0 Å². The number of halogens is 1. The molecule has 38 heavy (non-hydrogen) atoms. The number of aliphatic hydroxyl groups excluding tert-OH is 1. The molecule has 2 aromatic carbocycles. The third-order valence-electron chi connectivity index (χ3n) is 7.56. The topological polar surface area (TPSA) is 82.9 Å². The van der Waals surface area contributed by atoms with Gasteiger partial charge in [-0.15, -0.1) is 0 Å². The zero-order valence-electron chi connectivity index (χ0n) is 22.0. The summed E-state index contributed by atoms with van der Waals surface area (Å²) in [7, 11) is 1.62. The quantitative estimate of drug-likeness (QED) is 0.371. The van der Waals surface area contributed by atoms with Crippen LogP contribution in [0.25, 0.3) is 10.9 Å². The first-order chi connectivity index (χ1) is 18.3. The molecule has 0 bridgehead atoms. The average Bonchev–Trinajstić information content (AvgIpc) is 2.92. The number of benzene rings is 2. The van der Waals surface area contributed by atoms with Crippen LogP contribution < -0.4 is 4.74 Å². The van der Waals surface area contributed by atoms with Crippen molar-refractivity contribution in [2.24, 2.45) is 11.8 Å². The molecular weight excluding hydrogens is 483 g/mol. The van der Waals surface area contributed by atoms with E-state index in [1.165, 1.54) is 6.07 Å². The second-order valence-corrected chi connectivity index (χ2v) is 10.1. The maximum Gasteiger partial charge on any atom is 0.303 e. The summed E-state index contributed by atoms with van der Waals surface area (Å²) in [5, 5.41) is 21.3. The normalized spacial score (nSPS) is 18.5. The zero-order valence-corrected chi connectivity index (χ0v) is 22.0. The first kappa shape index (κ1) is 27.6. The summed E-state index contributed by atoms with van der Waals surface area (Å²) < 4.78 is 19.2. The van der Waals surface area contributed by atoms with Crippen LogP contribution in [-0.2, 0) is 4.79 Å². The number of aliphatic hydroxyl groups is 1. The van der Waals surface area contributed by atoms with Gasteiger partial charge in [0.1, 0.15) is 11.6 Å². The minimum atomic E-state index is -0.792. The van der Waals surface area contributed by atoms with Crippen molar-refractivity contribution in [1.82, 2.24) is 9.88 Å². The number of fused-ring (bicyclic) bond motifs is 1. The van der Waals surface area contributed by atoms with Crippen molar-refractivity contribution < 1.29 is 24.1 Å². The van der Waals surface area contributed by atoms with Crippen LogP contribution in [0.2, 0.25) is 0 Å². The smallest absolute Gasteiger partial charge is 0.303 e. The van der Waals surface area contributed by atoms with E-state index in [9.17, 15) is 19.4 Å². The Balaban J connectivity index is 1.39. The van der Waals surface area contributed by atoms with Crippen molar-refractivity contribution in [3.05, 3.63) is 71.2 Å². The first-order valence-electron chi connectivity index (χ1n) is 13.1. The molecule has 200 valence electrons. The lowest BCUT2D eigenvalue weighted by molar-refractivity contribution is -0.137. The molecule has 1 aromatic heterocycles. The number of likely N-dealkylation sites (tertiary alicyclic amines) is 1. The third kappa shape index (κ3) is 7.09. The zero-order chi connectivity index (χ0) is 27.1. The molecule has 0 radical (unpaired) electrons. The van der Waals surface area contributed by atoms with Crippen LogP contribution in [-0.4, -0.2) is 52.8 Å². The summed E-state index contributed by atoms with van der Waals surface area (Å²) in [6, 6.07) is 12.5. The molecule has 4 rings (SSSR count). The fourth-order valence-electron chi connectivity index (χ4n) is 5.33. The highest BCUT2D eigenvalue weighted by atomic mass is 19.1. The van der Waals surface area contributed by atoms with Gasteiger partial charge in [-0.3, -0.25) is 14.7 Å². The van der Waals surface area contributed by atoms with Crippen LogP contribution in [0.4, 0.5) is 4.39 Å². The molecule has 0 amide bonds. The Morgan fingerprint density at radius 3 is 2.82 bits per heavy atom. The summed E-state index contributed by atoms with van der Waals surface area (Å²) in [5.74, 6) is 6.40. The summed E-state index contributed by atoms with van der Waals surface area (Å²) >= 11 is 0. The average molecular weight is 519 g/mol. The monoisotopic (exact) mass is 518 g/mol. The number of pyridine rings is 1. The number of aliphatic carboxylic acids is 1. The van der Waals surface area contributed by atoms with Gasteiger partial charge in [0.05, 0.1) is 25.3 Å². The lowest BCUT2D eigenvalue weighted by Crippen LogP contribution is -2.41. The van der Waals surface area contributed by atoms with Gasteiger partial charge in [-0.2, -0.15) is 0 Å². The molecule has 0 spiro atoms. The Bertz CT molecular complexity index is 1330. The van der Waals surface area contributed by atoms with E-state index >= 15 is 0 Å². The molecule has 0 aliphatic carbocycles. The van der Waals surface area contributed by atoms with E-state index in [4.69, 9.17) is 4.74 Å². The van der Waals surface area contributed by atoms with Crippen LogP contribution >= 0.6 is 0 Å². The van der Waals surface area contributed by atoms with E-state index in [2.05, 4.69) is 21.7 Å². The molecule has 2 unspecified atom stereocenters. The Hall–Kier alpha value is -3.47. The van der Waals surface area contributed by atoms with Crippen LogP contribution in [0.3, 0.4) is 0 Å². The van der Waals surface area contributed by atoms with Gasteiger partial charge in [-0.05, 0) is 98.5 Å². The Morgan fingerprint density at radius 2 is 2.05 bits per heavy atom. The number of nitrogens with zero attached hydrogens (tertiary/aromatic N) is 2. The molecule has 3 atom stereocenters. The molecule has 7 heteroatoms. The van der Waals surface area contributed by atoms with Crippen molar-refractivity contribution in [1.29, 1.82) is 0 Å². The van der Waals surface area contributed by atoms with Gasteiger partial charge in [0, 0.05) is 30.1 Å². The fourth-order valence-corrected chi connectivity index (χ4v) is 5.33. The number of aryl methyl sites for hydroxylation is 1. The van der Waals surface area contributed by atoms with Crippen molar-refractivity contribution in [3.8, 4) is 17.6 Å². The van der Waals surface area contributed by atoms with Crippen molar-refractivity contribution >= 4 is 16.9 Å². The fraction of sp³-hybridized carbons (Fsp3) is 0.419. The lowest BCUT2D eigenvalue weighted by atomic mass is 9.79. The van der Waals surface area contributed by atoms with E-state index < -0.39 is 12.1 Å². The van der Waals surface area contributed by atoms with Gasteiger partial charge < -0.3 is 14.9 Å². The number of methoxy groups -OCH3 is 1. The van der Waals surface area contributed by atoms with E-state index in [-0.39, 0.29) is 18.2 Å². The van der Waals surface area contributed by atoms with E-state index in [0.29, 0.717) is 36.4 Å². The predicted molar refractivity (Wildman–Crippen MR) is 145 cm³/mol. The second-order valence-electron chi connectivity index (χ2n) is 10.1. The number of hydrogen-bond acceptors (Lipinski definition) is 5. The van der Waals surface area contributed by atoms with E-state index in [0.717, 1.165) is 48.1 Å². The van der Waals surface area contributed by atoms with Crippen molar-refractivity contribution in [2.45, 2.75) is 45.1 Å². The Morgan fingerprint density at radius 1 is 1.21 bits per heavy atom. The molecule has 1 aliphatic heterocycles. The summed E-state index contributed by atoms with van der Waals surface area (Å²) in [6.45, 7) is 3.90. The maximum atomic E-state index is 13.8. The summed E-state index contributed by atoms with van der Waals surface area (Å²) in [4.78, 5) is 18.0. The number of rotatable bonds is 9. The minimum Gasteiger partial charge on any atom is -0.497 e. The molecule has 3 aromatic rings. The van der Waals surface area contributed by atoms with Crippen LogP contribution in [0.5, 0.6) is 5.75 Å². The number of carbonyl (C=O) groups is 1. The minimum absolute atomic E-state index is 0.126. The lowest BCUT2D eigenvalue weighted by Gasteiger charge is -2.38. The molecule has 1 aliphatic rings. The third-order valence-corrected chi connectivity index (χ3v) is 7.56. The number of carboxylic acids is 1. The summed E-state index contributed by atoms with van der Waals surface area (Å²) in [5.41, 5.74) is 2.89. The number of hydrogen-bond donors (Lipinski definition) is 2. The molecule has 6 nitrogen and oxygen atoms in total. The highest BCUT2D eigenvalue weighted by Gasteiger charge is 2.30. The van der Waals surface area contributed by atoms with Crippen LogP contribution in [0.1, 0.15) is 54.9 Å². The number of piperidine rings is 1. The van der Waals surface area contributed by atoms with Gasteiger partial charge >= 0.3 is 5.97 Å². The SMILES string of the molecule is COc1ccc2nccc([C@@H](O)CCC3CCN(CC#Cc4ccc(C)c(F)c4)CC3CCC(=O)O)c2c1. The van der Waals surface area contributed by atoms with Gasteiger partial charge in [0.25, 0.3) is 0 Å². The molecule has 1 saturated heterocycles. The van der Waals surface area contributed by atoms with Gasteiger partial charge in [-0.1, -0.05) is 17.9 Å². The molecular formula is C31H35FN2O4. The number of carboxylic acid groups (broad SMARTS) is 1. The Labute approximate surface area is 223 Å². The largest absolute Gasteiger partial charge is 0.497 e. The molecule has 1 fully saturated rings. The van der Waals surface area contributed by atoms with Crippen molar-refractivity contribution in [2.75, 3.05) is 26.7 Å². The molecule has 2 N–H and O–H groups in total. The molecule has 0 saturated carbocycles. The second kappa shape index (κ2) is 12.9. The number of ether oxygens (including phenoxy) is 1. The Kier molecular flexibility index (Phi) is 9.33. The van der Waals surface area contributed by atoms with Gasteiger partial charge in [0.15, 0.2) is 0 Å². The standard InChI is InChI=1S/C31H35FN2O4/c1-21-5-6-22(18-28(21)32)4-3-16-34-17-14-23(24(20-34)8-12-31(36)37)7-11-30(35)26-13-15-33-29-10-9-25(38-2)19-27(26)29/h5-6,9-10,13,15,18-19,23-24,30,35H,7-8,11-12,14,16-17,20H2,1-2H3,(H,36,37)/t23?,24?,30-/m0/s1. The molecule has 2 heterocycles. The summed E-state index contributed by atoms with van der Waals surface area (Å²) in [6.07, 6.45) is 4.10. The first-order valence-corrected chi connectivity index (χ1v) is 13.1. The van der Waals surface area contributed by atoms with E-state index in [1.807, 2.05) is 30.3 Å². The predicted octanol–water partition coefficient (Wildman–Crippen LogP) is 5.36. The highest BCUT2D eigenvalue weighted by molar-refractivity contribution is 5.83. The van der Waals surface area contributed by atoms with Crippen molar-refractivity contribution in [3.63, 3.8) is 0 Å². The number of aromatic nitrogens is 1. The van der Waals surface area contributed by atoms with Crippen LogP contribution in [0.15, 0.2) is 48.7 Å². The maximum absolute atomic E-state index is 13.8. The van der Waals surface area contributed by atoms with Crippen LogP contribution in [0, 0.1) is 36.4 Å². The van der Waals surface area contributed by atoms with Gasteiger partial charge in [-0.25, -0.2) is 4.39 Å².